The molecule has 0 radical (unpaired) electrons. The molecule has 2 aromatic carbocycles. The average Bonchev–Trinajstić information content (AvgIpc) is 3.06. The van der Waals surface area contributed by atoms with E-state index >= 15 is 0 Å². The zero-order valence-electron chi connectivity index (χ0n) is 18.2. The molecule has 3 aromatic rings. The first kappa shape index (κ1) is 24.7. The van der Waals surface area contributed by atoms with Gasteiger partial charge in [-0.25, -0.2) is 17.2 Å². The number of alkyl halides is 3. The molecule has 0 saturated heterocycles. The van der Waals surface area contributed by atoms with Crippen LogP contribution < -0.4 is 9.46 Å². The third kappa shape index (κ3) is 5.47. The van der Waals surface area contributed by atoms with Gasteiger partial charge in [0.1, 0.15) is 11.6 Å². The van der Waals surface area contributed by atoms with Gasteiger partial charge in [-0.3, -0.25) is 9.52 Å². The highest BCUT2D eigenvalue weighted by molar-refractivity contribution is 7.92. The summed E-state index contributed by atoms with van der Waals surface area (Å²) in [6, 6.07) is 6.30. The fraction of sp³-hybridized carbons (Fsp3) is 0.261. The molecule has 0 atom stereocenters. The first-order valence-corrected chi connectivity index (χ1v) is 12.1. The first-order chi connectivity index (χ1) is 16.3. The van der Waals surface area contributed by atoms with E-state index in [0.29, 0.717) is 47.8 Å². The van der Waals surface area contributed by atoms with Crippen molar-refractivity contribution in [1.82, 2.24) is 4.98 Å². The number of nitrogens with one attached hydrogen (secondary N) is 2. The second-order valence-electron chi connectivity index (χ2n) is 8.12. The molecule has 35 heavy (non-hydrogen) atoms. The lowest BCUT2D eigenvalue weighted by atomic mass is 9.89. The van der Waals surface area contributed by atoms with Gasteiger partial charge in [0.25, 0.3) is 0 Å². The van der Waals surface area contributed by atoms with Crippen molar-refractivity contribution >= 4 is 21.5 Å². The van der Waals surface area contributed by atoms with Crippen LogP contribution in [0.15, 0.2) is 36.4 Å². The van der Waals surface area contributed by atoms with Gasteiger partial charge in [-0.2, -0.15) is 13.2 Å². The Morgan fingerprint density at radius 1 is 1.06 bits per heavy atom. The number of aromatic amines is 1. The normalized spacial score (nSPS) is 14.1. The number of carbonyl (C=O) groups excluding carboxylic acids is 1. The maximum Gasteiger partial charge on any atom is 0.404 e. The van der Waals surface area contributed by atoms with Crippen LogP contribution >= 0.6 is 0 Å². The number of Topliss-reactive ketones (excluding diaryl/α,β-unsaturated/α-hetero) is 1. The van der Waals surface area contributed by atoms with Gasteiger partial charge in [-0.05, 0) is 55.7 Å². The van der Waals surface area contributed by atoms with E-state index in [1.165, 1.54) is 12.1 Å². The van der Waals surface area contributed by atoms with E-state index in [2.05, 4.69) is 4.98 Å². The number of fused-ring (bicyclic) bond motifs is 1. The minimum Gasteiger partial charge on any atom is -0.454 e. The molecule has 12 heteroatoms. The van der Waals surface area contributed by atoms with Gasteiger partial charge in [0, 0.05) is 35.0 Å². The Labute approximate surface area is 197 Å². The molecule has 186 valence electrons. The van der Waals surface area contributed by atoms with Crippen molar-refractivity contribution in [3.05, 3.63) is 64.9 Å². The number of carbonyl (C=O) groups is 1. The number of rotatable bonds is 6. The Kier molecular flexibility index (Phi) is 6.34. The predicted octanol–water partition coefficient (Wildman–Crippen LogP) is 5.88. The Morgan fingerprint density at radius 3 is 2.46 bits per heavy atom. The maximum absolute atomic E-state index is 14.2. The Hall–Kier alpha value is -3.41. The smallest absolute Gasteiger partial charge is 0.404 e. The fourth-order valence-electron chi connectivity index (χ4n) is 4.07. The summed E-state index contributed by atoms with van der Waals surface area (Å²) in [7, 11) is -4.78. The molecule has 1 aromatic heterocycles. The van der Waals surface area contributed by atoms with Crippen molar-refractivity contribution in [2.45, 2.75) is 32.4 Å². The topological polar surface area (TPSA) is 88.3 Å². The zero-order valence-corrected chi connectivity index (χ0v) is 19.0. The molecule has 0 spiro atoms. The summed E-state index contributed by atoms with van der Waals surface area (Å²) in [5.41, 5.74) is 2.05. The predicted molar refractivity (Wildman–Crippen MR) is 118 cm³/mol. The molecule has 0 amide bonds. The van der Waals surface area contributed by atoms with Crippen molar-refractivity contribution in [2.24, 2.45) is 0 Å². The van der Waals surface area contributed by atoms with Crippen molar-refractivity contribution in [3.8, 4) is 22.8 Å². The van der Waals surface area contributed by atoms with Crippen molar-refractivity contribution < 1.29 is 39.9 Å². The van der Waals surface area contributed by atoms with E-state index in [1.54, 1.807) is 6.92 Å². The van der Waals surface area contributed by atoms with Gasteiger partial charge in [0.05, 0.1) is 5.69 Å². The molecule has 1 heterocycles. The third-order valence-corrected chi connectivity index (χ3v) is 6.64. The van der Waals surface area contributed by atoms with Crippen LogP contribution in [-0.4, -0.2) is 31.1 Å². The van der Waals surface area contributed by atoms with Crippen LogP contribution in [0.3, 0.4) is 0 Å². The lowest BCUT2D eigenvalue weighted by Gasteiger charge is -2.17. The highest BCUT2D eigenvalue weighted by atomic mass is 32.2. The van der Waals surface area contributed by atoms with Gasteiger partial charge >= 0.3 is 6.18 Å². The summed E-state index contributed by atoms with van der Waals surface area (Å²) >= 11 is 0. The van der Waals surface area contributed by atoms with Crippen LogP contribution in [-0.2, 0) is 16.4 Å². The number of hydrogen-bond acceptors (Lipinski definition) is 4. The van der Waals surface area contributed by atoms with Crippen LogP contribution in [0.25, 0.3) is 11.3 Å². The van der Waals surface area contributed by atoms with Gasteiger partial charge in [0.2, 0.25) is 10.0 Å². The number of halogens is 5. The van der Waals surface area contributed by atoms with E-state index < -0.39 is 33.6 Å². The van der Waals surface area contributed by atoms with E-state index in [-0.39, 0.29) is 28.5 Å². The van der Waals surface area contributed by atoms with E-state index in [0.717, 1.165) is 18.2 Å². The van der Waals surface area contributed by atoms with Crippen LogP contribution in [0, 0.1) is 18.6 Å². The van der Waals surface area contributed by atoms with Gasteiger partial charge in [-0.1, -0.05) is 0 Å². The summed E-state index contributed by atoms with van der Waals surface area (Å²) in [5.74, 6) is -4.30. The number of hydrogen-bond donors (Lipinski definition) is 2. The number of ether oxygens (including phenoxy) is 1. The highest BCUT2D eigenvalue weighted by Crippen LogP contribution is 2.41. The average molecular weight is 514 g/mol. The maximum atomic E-state index is 14.2. The molecule has 4 rings (SSSR count). The minimum absolute atomic E-state index is 0.0105. The molecule has 1 aliphatic rings. The summed E-state index contributed by atoms with van der Waals surface area (Å²) < 4.78 is 97.0. The monoisotopic (exact) mass is 514 g/mol. The Bertz CT molecular complexity index is 1410. The number of aryl methyl sites for hydroxylation is 1. The minimum atomic E-state index is -4.95. The Morgan fingerprint density at radius 2 is 1.77 bits per heavy atom. The number of ketones is 1. The molecule has 2 N–H and O–H groups in total. The molecule has 0 unspecified atom stereocenters. The number of sulfonamides is 1. The van der Waals surface area contributed by atoms with Gasteiger partial charge in [0.15, 0.2) is 23.1 Å². The number of H-pyrrole nitrogens is 1. The SMILES string of the molecule is Cc1[nH]c(-c2cc(NS(=O)(=O)CC(F)(F)F)ccc2Oc2ccc(F)cc2F)c2c1C(=O)CCC2. The van der Waals surface area contributed by atoms with Crippen molar-refractivity contribution in [3.63, 3.8) is 0 Å². The van der Waals surface area contributed by atoms with Crippen molar-refractivity contribution in [1.29, 1.82) is 0 Å². The molecule has 6 nitrogen and oxygen atoms in total. The quantitative estimate of drug-likeness (QED) is 0.402. The second-order valence-corrected chi connectivity index (χ2v) is 9.84. The van der Waals surface area contributed by atoms with Crippen molar-refractivity contribution in [2.75, 3.05) is 10.5 Å². The Balaban J connectivity index is 1.82. The number of aromatic nitrogens is 1. The molecule has 0 fully saturated rings. The molecule has 0 bridgehead atoms. The van der Waals surface area contributed by atoms with Crippen LogP contribution in [0.2, 0.25) is 0 Å². The molecular formula is C23H19F5N2O4S. The summed E-state index contributed by atoms with van der Waals surface area (Å²) in [4.78, 5) is 15.5. The van der Waals surface area contributed by atoms with Gasteiger partial charge in [-0.15, -0.1) is 0 Å². The lowest BCUT2D eigenvalue weighted by Crippen LogP contribution is -2.27. The fourth-order valence-corrected chi connectivity index (χ4v) is 5.06. The lowest BCUT2D eigenvalue weighted by molar-refractivity contribution is -0.106. The van der Waals surface area contributed by atoms with Crippen LogP contribution in [0.4, 0.5) is 27.6 Å². The van der Waals surface area contributed by atoms with E-state index in [4.69, 9.17) is 4.74 Å². The van der Waals surface area contributed by atoms with Gasteiger partial charge < -0.3 is 9.72 Å². The third-order valence-electron chi connectivity index (χ3n) is 5.39. The highest BCUT2D eigenvalue weighted by Gasteiger charge is 2.35. The molecular weight excluding hydrogens is 495 g/mol. The molecule has 0 saturated carbocycles. The number of benzene rings is 2. The molecule has 0 aliphatic heterocycles. The largest absolute Gasteiger partial charge is 0.454 e. The summed E-state index contributed by atoms with van der Waals surface area (Å²) in [6.45, 7) is 1.68. The molecule has 1 aliphatic carbocycles. The van der Waals surface area contributed by atoms with Crippen LogP contribution in [0.5, 0.6) is 11.5 Å². The summed E-state index contributed by atoms with van der Waals surface area (Å²) in [5, 5.41) is 0. The van der Waals surface area contributed by atoms with E-state index in [9.17, 15) is 35.2 Å². The number of anilines is 1. The first-order valence-electron chi connectivity index (χ1n) is 10.4. The standard InChI is InChI=1S/C23H19F5N2O4S/c1-12-21-15(3-2-4-18(21)31)22(29-12)16-10-14(30-35(32,33)11-23(26,27)28)6-8-19(16)34-20-7-5-13(24)9-17(20)25/h5-10,29-30H,2-4,11H2,1H3. The van der Waals surface area contributed by atoms with Crippen LogP contribution in [0.1, 0.15) is 34.5 Å². The van der Waals surface area contributed by atoms with E-state index in [1.807, 2.05) is 4.72 Å². The zero-order chi connectivity index (χ0) is 25.5. The second kappa shape index (κ2) is 8.99. The summed E-state index contributed by atoms with van der Waals surface area (Å²) in [6.07, 6.45) is -3.52.